The van der Waals surface area contributed by atoms with Crippen molar-refractivity contribution in [1.82, 2.24) is 0 Å². The van der Waals surface area contributed by atoms with Crippen LogP contribution in [-0.4, -0.2) is 64.3 Å². The highest BCUT2D eigenvalue weighted by atomic mass is 16.7. The monoisotopic (exact) mass is 310 g/mol. The quantitative estimate of drug-likeness (QED) is 0.391. The maximum atomic E-state index is 9.75. The van der Waals surface area contributed by atoms with E-state index in [2.05, 4.69) is 23.7 Å². The van der Waals surface area contributed by atoms with Gasteiger partial charge in [-0.1, -0.05) is 17.9 Å². The number of aliphatic hydroxyl groups is 4. The van der Waals surface area contributed by atoms with E-state index in [1.165, 1.54) is 0 Å². The number of allylic oxidation sites excluding steroid dienone is 2. The molecular weight excluding hydrogens is 288 g/mol. The third kappa shape index (κ3) is 5.78. The number of hydrogen-bond acceptors (Lipinski definition) is 6. The molecule has 122 valence electrons. The zero-order valence-corrected chi connectivity index (χ0v) is 12.5. The number of ether oxygens (including phenoxy) is 2. The lowest BCUT2D eigenvalue weighted by molar-refractivity contribution is -0.301. The lowest BCUT2D eigenvalue weighted by atomic mass is 9.99. The van der Waals surface area contributed by atoms with Crippen molar-refractivity contribution >= 4 is 0 Å². The summed E-state index contributed by atoms with van der Waals surface area (Å²) in [6, 6.07) is 0. The van der Waals surface area contributed by atoms with Gasteiger partial charge in [0, 0.05) is 6.42 Å². The van der Waals surface area contributed by atoms with Crippen LogP contribution in [0.2, 0.25) is 0 Å². The van der Waals surface area contributed by atoms with Gasteiger partial charge in [0.05, 0.1) is 13.2 Å². The Bertz CT molecular complexity index is 464. The second kappa shape index (κ2) is 10.4. The summed E-state index contributed by atoms with van der Waals surface area (Å²) in [7, 11) is 0. The molecule has 5 unspecified atom stereocenters. The number of rotatable bonds is 5. The van der Waals surface area contributed by atoms with Crippen LogP contribution >= 0.6 is 0 Å². The number of hydrogen-bond donors (Lipinski definition) is 4. The standard InChI is InChI=1S/C16H22O6/c1-2-3-4-5-6-7-8-9-10-21-16-15(20)14(19)13(18)12(11-17)22-16/h2-3,12-20H,8-11H2,1H3. The van der Waals surface area contributed by atoms with E-state index in [-0.39, 0.29) is 6.61 Å². The van der Waals surface area contributed by atoms with Crippen LogP contribution in [0, 0.1) is 23.7 Å². The molecule has 6 nitrogen and oxygen atoms in total. The molecule has 0 bridgehead atoms. The Morgan fingerprint density at radius 1 is 1.14 bits per heavy atom. The molecule has 22 heavy (non-hydrogen) atoms. The van der Waals surface area contributed by atoms with E-state index >= 15 is 0 Å². The highest BCUT2D eigenvalue weighted by Crippen LogP contribution is 2.21. The van der Waals surface area contributed by atoms with Gasteiger partial charge in [-0.2, -0.15) is 0 Å². The molecule has 0 aromatic heterocycles. The molecule has 6 heteroatoms. The normalized spacial score (nSPS) is 31.2. The molecule has 0 amide bonds. The maximum absolute atomic E-state index is 9.75. The summed E-state index contributed by atoms with van der Waals surface area (Å²) in [5, 5.41) is 38.0. The molecule has 1 rings (SSSR count). The smallest absolute Gasteiger partial charge is 0.186 e. The van der Waals surface area contributed by atoms with Crippen molar-refractivity contribution in [3.05, 3.63) is 12.2 Å². The largest absolute Gasteiger partial charge is 0.394 e. The molecular formula is C16H22O6. The first-order valence-corrected chi connectivity index (χ1v) is 7.13. The van der Waals surface area contributed by atoms with Crippen molar-refractivity contribution in [3.63, 3.8) is 0 Å². The summed E-state index contributed by atoms with van der Waals surface area (Å²) < 4.78 is 10.5. The Hall–Kier alpha value is -1.38. The Kier molecular flexibility index (Phi) is 8.79. The fourth-order valence-electron chi connectivity index (χ4n) is 1.83. The third-order valence-electron chi connectivity index (χ3n) is 3.05. The average Bonchev–Trinajstić information content (AvgIpc) is 2.53. The summed E-state index contributed by atoms with van der Waals surface area (Å²) in [6.07, 6.45) is -1.49. The summed E-state index contributed by atoms with van der Waals surface area (Å²) in [5.74, 6) is 11.0. The molecule has 1 aliphatic heterocycles. The van der Waals surface area contributed by atoms with Gasteiger partial charge in [-0.15, -0.1) is 0 Å². The Labute approximate surface area is 130 Å². The molecule has 0 aliphatic carbocycles. The SMILES string of the molecule is CC=CC#CC#CCCCOC1OC(CO)C(O)C(O)C1O. The van der Waals surface area contributed by atoms with Crippen LogP contribution in [0.1, 0.15) is 19.8 Å². The Morgan fingerprint density at radius 2 is 1.91 bits per heavy atom. The minimum atomic E-state index is -1.42. The van der Waals surface area contributed by atoms with Crippen molar-refractivity contribution in [2.45, 2.75) is 50.5 Å². The fourth-order valence-corrected chi connectivity index (χ4v) is 1.83. The van der Waals surface area contributed by atoms with Gasteiger partial charge in [-0.05, 0) is 31.3 Å². The second-order valence-electron chi connectivity index (χ2n) is 4.74. The van der Waals surface area contributed by atoms with Crippen LogP contribution in [0.25, 0.3) is 0 Å². The van der Waals surface area contributed by atoms with Gasteiger partial charge < -0.3 is 29.9 Å². The molecule has 4 N–H and O–H groups in total. The topological polar surface area (TPSA) is 99.4 Å². The molecule has 0 radical (unpaired) electrons. The highest BCUT2D eigenvalue weighted by Gasteiger charge is 2.43. The lowest BCUT2D eigenvalue weighted by Crippen LogP contribution is -2.59. The number of aliphatic hydroxyl groups excluding tert-OH is 4. The minimum absolute atomic E-state index is 0.264. The van der Waals surface area contributed by atoms with Gasteiger partial charge >= 0.3 is 0 Å². The summed E-state index contributed by atoms with van der Waals surface area (Å²) in [4.78, 5) is 0. The minimum Gasteiger partial charge on any atom is -0.394 e. The van der Waals surface area contributed by atoms with Crippen LogP contribution in [0.15, 0.2) is 12.2 Å². The first kappa shape index (κ1) is 18.7. The van der Waals surface area contributed by atoms with Gasteiger partial charge in [-0.25, -0.2) is 0 Å². The molecule has 1 aliphatic rings. The van der Waals surface area contributed by atoms with Crippen molar-refractivity contribution in [3.8, 4) is 23.7 Å². The lowest BCUT2D eigenvalue weighted by Gasteiger charge is -2.39. The van der Waals surface area contributed by atoms with E-state index in [9.17, 15) is 15.3 Å². The Balaban J connectivity index is 2.31. The van der Waals surface area contributed by atoms with Crippen LogP contribution in [0.4, 0.5) is 0 Å². The fraction of sp³-hybridized carbons (Fsp3) is 0.625. The van der Waals surface area contributed by atoms with E-state index in [4.69, 9.17) is 14.6 Å². The van der Waals surface area contributed by atoms with Crippen molar-refractivity contribution in [2.24, 2.45) is 0 Å². The predicted octanol–water partition coefficient (Wildman–Crippen LogP) is -0.834. The van der Waals surface area contributed by atoms with Gasteiger partial charge in [0.25, 0.3) is 0 Å². The van der Waals surface area contributed by atoms with Crippen LogP contribution in [0.3, 0.4) is 0 Å². The van der Waals surface area contributed by atoms with Crippen molar-refractivity contribution in [2.75, 3.05) is 13.2 Å². The molecule has 1 saturated heterocycles. The van der Waals surface area contributed by atoms with Gasteiger partial charge in [0.2, 0.25) is 0 Å². The molecule has 5 atom stereocenters. The average molecular weight is 310 g/mol. The van der Waals surface area contributed by atoms with Crippen molar-refractivity contribution < 1.29 is 29.9 Å². The first-order chi connectivity index (χ1) is 10.6. The zero-order chi connectivity index (χ0) is 16.4. The third-order valence-corrected chi connectivity index (χ3v) is 3.05. The van der Waals surface area contributed by atoms with Crippen molar-refractivity contribution in [1.29, 1.82) is 0 Å². The summed E-state index contributed by atoms with van der Waals surface area (Å²) in [6.45, 7) is 1.67. The van der Waals surface area contributed by atoms with Crippen LogP contribution in [-0.2, 0) is 9.47 Å². The molecule has 1 heterocycles. The van der Waals surface area contributed by atoms with Crippen LogP contribution in [0.5, 0.6) is 0 Å². The zero-order valence-electron chi connectivity index (χ0n) is 12.5. The molecule has 0 aromatic carbocycles. The predicted molar refractivity (Wildman–Crippen MR) is 79.3 cm³/mol. The first-order valence-electron chi connectivity index (χ1n) is 7.13. The van der Waals surface area contributed by atoms with Gasteiger partial charge in [0.15, 0.2) is 6.29 Å². The van der Waals surface area contributed by atoms with Crippen LogP contribution < -0.4 is 0 Å². The van der Waals surface area contributed by atoms with E-state index in [1.54, 1.807) is 6.08 Å². The highest BCUT2D eigenvalue weighted by molar-refractivity contribution is 5.30. The molecule has 0 aromatic rings. The second-order valence-corrected chi connectivity index (χ2v) is 4.74. The van der Waals surface area contributed by atoms with Gasteiger partial charge in [-0.3, -0.25) is 0 Å². The van der Waals surface area contributed by atoms with E-state index in [0.717, 1.165) is 0 Å². The molecule has 0 spiro atoms. The van der Waals surface area contributed by atoms with E-state index in [1.807, 2.05) is 13.0 Å². The van der Waals surface area contributed by atoms with Gasteiger partial charge in [0.1, 0.15) is 24.4 Å². The molecule has 1 fully saturated rings. The Morgan fingerprint density at radius 3 is 2.59 bits per heavy atom. The van der Waals surface area contributed by atoms with E-state index < -0.39 is 37.3 Å². The van der Waals surface area contributed by atoms with E-state index in [0.29, 0.717) is 12.8 Å². The summed E-state index contributed by atoms with van der Waals surface area (Å²) >= 11 is 0. The summed E-state index contributed by atoms with van der Waals surface area (Å²) in [5.41, 5.74) is 0. The molecule has 0 saturated carbocycles. The number of unbranched alkanes of at least 4 members (excludes halogenated alkanes) is 1. The maximum Gasteiger partial charge on any atom is 0.186 e.